The van der Waals surface area contributed by atoms with Crippen LogP contribution in [-0.2, 0) is 4.79 Å². The Morgan fingerprint density at radius 3 is 2.28 bits per heavy atom. The quantitative estimate of drug-likeness (QED) is 0.785. The summed E-state index contributed by atoms with van der Waals surface area (Å²) in [6.07, 6.45) is 0. The van der Waals surface area contributed by atoms with Gasteiger partial charge >= 0.3 is 0 Å². The first-order chi connectivity index (χ1) is 13.8. The number of benzene rings is 2. The Morgan fingerprint density at radius 2 is 1.62 bits per heavy atom. The molecule has 2 aromatic carbocycles. The van der Waals surface area contributed by atoms with Crippen molar-refractivity contribution in [1.29, 1.82) is 0 Å². The zero-order valence-corrected chi connectivity index (χ0v) is 17.4. The fourth-order valence-electron chi connectivity index (χ4n) is 3.48. The lowest BCUT2D eigenvalue weighted by molar-refractivity contribution is -0.121. The van der Waals surface area contributed by atoms with Crippen LogP contribution < -0.4 is 20.1 Å². The second-order valence-corrected chi connectivity index (χ2v) is 7.75. The lowest BCUT2D eigenvalue weighted by Crippen LogP contribution is -2.40. The van der Waals surface area contributed by atoms with Crippen LogP contribution in [0.5, 0.6) is 11.5 Å². The Morgan fingerprint density at radius 1 is 0.966 bits per heavy atom. The normalized spacial score (nSPS) is 13.7. The molecule has 1 aliphatic rings. The van der Waals surface area contributed by atoms with Crippen LogP contribution in [0, 0.1) is 19.8 Å². The molecule has 29 heavy (non-hydrogen) atoms. The molecule has 0 saturated heterocycles. The molecule has 0 spiro atoms. The van der Waals surface area contributed by atoms with E-state index in [0.29, 0.717) is 24.5 Å². The van der Waals surface area contributed by atoms with E-state index in [1.54, 1.807) is 0 Å². The highest BCUT2D eigenvalue weighted by Crippen LogP contribution is 2.34. The number of hydrogen-bond acceptors (Lipinski definition) is 4. The maximum atomic E-state index is 12.5. The summed E-state index contributed by atoms with van der Waals surface area (Å²) in [5.41, 5.74) is 3.52. The van der Waals surface area contributed by atoms with Gasteiger partial charge in [-0.25, -0.2) is 0 Å². The van der Waals surface area contributed by atoms with Crippen LogP contribution >= 0.6 is 0 Å². The highest BCUT2D eigenvalue weighted by Gasteiger charge is 2.21. The first-order valence-corrected chi connectivity index (χ1v) is 9.89. The van der Waals surface area contributed by atoms with Crippen molar-refractivity contribution in [2.24, 2.45) is 5.92 Å². The molecule has 0 unspecified atom stereocenters. The number of ether oxygens (including phenoxy) is 2. The van der Waals surface area contributed by atoms with E-state index in [1.165, 1.54) is 0 Å². The summed E-state index contributed by atoms with van der Waals surface area (Å²) in [4.78, 5) is 24.9. The monoisotopic (exact) mass is 396 g/mol. The average molecular weight is 396 g/mol. The number of nitrogens with one attached hydrogen (secondary N) is 2. The van der Waals surface area contributed by atoms with Crippen LogP contribution in [0.15, 0.2) is 36.4 Å². The van der Waals surface area contributed by atoms with Gasteiger partial charge in [0.2, 0.25) is 5.91 Å². The summed E-state index contributed by atoms with van der Waals surface area (Å²) in [6.45, 7) is 8.93. The molecular formula is C23H28N2O4. The third kappa shape index (κ3) is 5.28. The Hall–Kier alpha value is -3.02. The molecule has 0 radical (unpaired) electrons. The van der Waals surface area contributed by atoms with Crippen LogP contribution in [-0.4, -0.2) is 31.6 Å². The van der Waals surface area contributed by atoms with E-state index in [-0.39, 0.29) is 30.3 Å². The first kappa shape index (κ1) is 20.7. The predicted molar refractivity (Wildman–Crippen MR) is 111 cm³/mol. The molecule has 2 aromatic rings. The Labute approximate surface area is 171 Å². The molecule has 1 heterocycles. The van der Waals surface area contributed by atoms with E-state index in [1.807, 2.05) is 64.1 Å². The van der Waals surface area contributed by atoms with Gasteiger partial charge in [-0.1, -0.05) is 37.1 Å². The van der Waals surface area contributed by atoms with E-state index in [0.717, 1.165) is 22.4 Å². The van der Waals surface area contributed by atoms with Gasteiger partial charge in [0.1, 0.15) is 13.2 Å². The van der Waals surface area contributed by atoms with Crippen LogP contribution in [0.4, 0.5) is 0 Å². The summed E-state index contributed by atoms with van der Waals surface area (Å²) < 4.78 is 11.2. The van der Waals surface area contributed by atoms with Gasteiger partial charge in [-0.2, -0.15) is 0 Å². The van der Waals surface area contributed by atoms with Crippen molar-refractivity contribution in [1.82, 2.24) is 10.6 Å². The van der Waals surface area contributed by atoms with Crippen molar-refractivity contribution < 1.29 is 19.1 Å². The maximum absolute atomic E-state index is 12.5. The van der Waals surface area contributed by atoms with Gasteiger partial charge in [-0.15, -0.1) is 0 Å². The van der Waals surface area contributed by atoms with E-state index < -0.39 is 0 Å². The SMILES string of the molecule is Cc1cc(C)cc(C(=O)NCC(=O)N[C@@H](c2ccc3c(c2)OCCO3)C(C)C)c1. The van der Waals surface area contributed by atoms with Crippen LogP contribution in [0.1, 0.15) is 46.9 Å². The summed E-state index contributed by atoms with van der Waals surface area (Å²) in [5, 5.41) is 5.72. The number of hydrogen-bond donors (Lipinski definition) is 2. The number of rotatable bonds is 6. The van der Waals surface area contributed by atoms with Crippen LogP contribution in [0.3, 0.4) is 0 Å². The topological polar surface area (TPSA) is 76.7 Å². The number of aryl methyl sites for hydroxylation is 2. The molecule has 2 N–H and O–H groups in total. The number of fused-ring (bicyclic) bond motifs is 1. The molecule has 6 nitrogen and oxygen atoms in total. The van der Waals surface area contributed by atoms with E-state index in [9.17, 15) is 9.59 Å². The third-order valence-corrected chi connectivity index (χ3v) is 4.80. The fourth-order valence-corrected chi connectivity index (χ4v) is 3.48. The van der Waals surface area contributed by atoms with Crippen LogP contribution in [0.2, 0.25) is 0 Å². The van der Waals surface area contributed by atoms with Gasteiger partial charge in [0.25, 0.3) is 5.91 Å². The molecule has 0 aromatic heterocycles. The standard InChI is InChI=1S/C23H28N2O4/c1-14(2)22(17-5-6-19-20(12-17)29-8-7-28-19)25-21(26)13-24-23(27)18-10-15(3)9-16(4)11-18/h5-6,9-12,14,22H,7-8,13H2,1-4H3,(H,24,27)(H,25,26)/t22-/m1/s1. The van der Waals surface area contributed by atoms with Gasteiger partial charge in [0.15, 0.2) is 11.5 Å². The molecule has 154 valence electrons. The van der Waals surface area contributed by atoms with Crippen molar-refractivity contribution in [3.05, 3.63) is 58.7 Å². The minimum absolute atomic E-state index is 0.0837. The minimum Gasteiger partial charge on any atom is -0.486 e. The lowest BCUT2D eigenvalue weighted by Gasteiger charge is -2.25. The summed E-state index contributed by atoms with van der Waals surface area (Å²) >= 11 is 0. The number of amides is 2. The first-order valence-electron chi connectivity index (χ1n) is 9.89. The third-order valence-electron chi connectivity index (χ3n) is 4.80. The van der Waals surface area contributed by atoms with Gasteiger partial charge in [-0.05, 0) is 49.6 Å². The number of carbonyl (C=O) groups is 2. The largest absolute Gasteiger partial charge is 0.486 e. The predicted octanol–water partition coefficient (Wildman–Crippen LogP) is 3.32. The van der Waals surface area contributed by atoms with E-state index in [4.69, 9.17) is 9.47 Å². The number of carbonyl (C=O) groups excluding carboxylic acids is 2. The van der Waals surface area contributed by atoms with E-state index >= 15 is 0 Å². The lowest BCUT2D eigenvalue weighted by atomic mass is 9.95. The zero-order chi connectivity index (χ0) is 21.0. The molecule has 3 rings (SSSR count). The highest BCUT2D eigenvalue weighted by molar-refractivity contribution is 5.96. The average Bonchev–Trinajstić information content (AvgIpc) is 2.69. The summed E-state index contributed by atoms with van der Waals surface area (Å²) in [6, 6.07) is 11.1. The van der Waals surface area contributed by atoms with Crippen molar-refractivity contribution in [3.63, 3.8) is 0 Å². The molecule has 0 bridgehead atoms. The fraction of sp³-hybridized carbons (Fsp3) is 0.391. The Balaban J connectivity index is 1.63. The zero-order valence-electron chi connectivity index (χ0n) is 17.4. The van der Waals surface area contributed by atoms with Crippen molar-refractivity contribution in [3.8, 4) is 11.5 Å². The van der Waals surface area contributed by atoms with Crippen molar-refractivity contribution >= 4 is 11.8 Å². The molecule has 6 heteroatoms. The molecule has 2 amide bonds. The molecule has 0 aliphatic carbocycles. The van der Waals surface area contributed by atoms with Crippen molar-refractivity contribution in [2.45, 2.75) is 33.7 Å². The molecule has 0 fully saturated rings. The van der Waals surface area contributed by atoms with Crippen molar-refractivity contribution in [2.75, 3.05) is 19.8 Å². The molecule has 0 saturated carbocycles. The molecule has 1 aliphatic heterocycles. The Kier molecular flexibility index (Phi) is 6.42. The van der Waals surface area contributed by atoms with Gasteiger partial charge < -0.3 is 20.1 Å². The minimum atomic E-state index is -0.257. The highest BCUT2D eigenvalue weighted by atomic mass is 16.6. The second-order valence-electron chi connectivity index (χ2n) is 7.75. The molecular weight excluding hydrogens is 368 g/mol. The van der Waals surface area contributed by atoms with Gasteiger partial charge in [0, 0.05) is 5.56 Å². The second kappa shape index (κ2) is 8.99. The van der Waals surface area contributed by atoms with Gasteiger partial charge in [0.05, 0.1) is 12.6 Å². The summed E-state index contributed by atoms with van der Waals surface area (Å²) in [5.74, 6) is 1.08. The Bertz CT molecular complexity index is 887. The summed E-state index contributed by atoms with van der Waals surface area (Å²) in [7, 11) is 0. The van der Waals surface area contributed by atoms with Gasteiger partial charge in [-0.3, -0.25) is 9.59 Å². The van der Waals surface area contributed by atoms with Crippen LogP contribution in [0.25, 0.3) is 0 Å². The van der Waals surface area contributed by atoms with E-state index in [2.05, 4.69) is 10.6 Å². The molecule has 1 atom stereocenters. The smallest absolute Gasteiger partial charge is 0.251 e. The maximum Gasteiger partial charge on any atom is 0.251 e.